The van der Waals surface area contributed by atoms with Crippen LogP contribution in [0.4, 0.5) is 0 Å². The molecule has 0 atom stereocenters. The van der Waals surface area contributed by atoms with Gasteiger partial charge in [0.2, 0.25) is 0 Å². The Bertz CT molecular complexity index is 187. The van der Waals surface area contributed by atoms with E-state index >= 15 is 0 Å². The van der Waals surface area contributed by atoms with E-state index in [-0.39, 0.29) is 5.78 Å². The number of hydrogen-bond acceptors (Lipinski definition) is 1. The van der Waals surface area contributed by atoms with Gasteiger partial charge in [-0.05, 0) is 32.3 Å². The number of hydrogen-bond donors (Lipinski definition) is 0. The molecule has 0 saturated carbocycles. The molecular formula is C10H16O. The second-order valence-electron chi connectivity index (χ2n) is 2.65. The fourth-order valence-corrected chi connectivity index (χ4v) is 0.824. The molecule has 0 radical (unpaired) electrons. The Morgan fingerprint density at radius 3 is 2.36 bits per heavy atom. The molecule has 0 saturated heterocycles. The minimum absolute atomic E-state index is 0.155. The summed E-state index contributed by atoms with van der Waals surface area (Å²) in [4.78, 5) is 10.9. The molecule has 0 aliphatic rings. The SMILES string of the molecule is C=C(CC)CC(=CC)C(C)=O. The number of rotatable bonds is 4. The van der Waals surface area contributed by atoms with Crippen molar-refractivity contribution in [3.8, 4) is 0 Å². The Balaban J connectivity index is 4.12. The quantitative estimate of drug-likeness (QED) is 0.447. The van der Waals surface area contributed by atoms with Crippen LogP contribution in [0.15, 0.2) is 23.8 Å². The topological polar surface area (TPSA) is 17.1 Å². The van der Waals surface area contributed by atoms with Gasteiger partial charge in [-0.25, -0.2) is 0 Å². The van der Waals surface area contributed by atoms with Crippen LogP contribution in [-0.4, -0.2) is 5.78 Å². The normalized spacial score (nSPS) is 11.4. The van der Waals surface area contributed by atoms with E-state index in [2.05, 4.69) is 13.5 Å². The fraction of sp³-hybridized carbons (Fsp3) is 0.500. The second-order valence-corrected chi connectivity index (χ2v) is 2.65. The maximum Gasteiger partial charge on any atom is 0.155 e. The average Bonchev–Trinajstić information content (AvgIpc) is 1.99. The van der Waals surface area contributed by atoms with E-state index in [4.69, 9.17) is 0 Å². The van der Waals surface area contributed by atoms with E-state index in [1.54, 1.807) is 6.92 Å². The zero-order chi connectivity index (χ0) is 8.85. The summed E-state index contributed by atoms with van der Waals surface area (Å²) in [6.07, 6.45) is 3.55. The molecule has 0 aliphatic carbocycles. The number of carbonyl (C=O) groups excluding carboxylic acids is 1. The molecule has 1 nitrogen and oxygen atoms in total. The van der Waals surface area contributed by atoms with Crippen molar-refractivity contribution in [3.63, 3.8) is 0 Å². The molecule has 0 unspecified atom stereocenters. The van der Waals surface area contributed by atoms with Crippen LogP contribution in [0.3, 0.4) is 0 Å². The lowest BCUT2D eigenvalue weighted by atomic mass is 10.0. The molecule has 0 aromatic heterocycles. The van der Waals surface area contributed by atoms with E-state index in [9.17, 15) is 4.79 Å². The van der Waals surface area contributed by atoms with Crippen molar-refractivity contribution in [1.82, 2.24) is 0 Å². The van der Waals surface area contributed by atoms with Crippen LogP contribution >= 0.6 is 0 Å². The molecule has 0 aromatic carbocycles. The Kier molecular flexibility index (Phi) is 4.51. The standard InChI is InChI=1S/C10H16O/c1-5-8(3)7-10(6-2)9(4)11/h6H,3,5,7H2,1-2,4H3. The van der Waals surface area contributed by atoms with Crippen LogP contribution in [0.1, 0.15) is 33.6 Å². The van der Waals surface area contributed by atoms with Crippen LogP contribution in [0, 0.1) is 0 Å². The zero-order valence-electron chi connectivity index (χ0n) is 7.61. The van der Waals surface area contributed by atoms with Crippen LogP contribution in [0.25, 0.3) is 0 Å². The highest BCUT2D eigenvalue weighted by molar-refractivity contribution is 5.93. The summed E-state index contributed by atoms with van der Waals surface area (Å²) in [6, 6.07) is 0. The molecule has 0 N–H and O–H groups in total. The van der Waals surface area contributed by atoms with E-state index in [0.717, 1.165) is 24.0 Å². The van der Waals surface area contributed by atoms with Gasteiger partial charge in [0, 0.05) is 0 Å². The van der Waals surface area contributed by atoms with Gasteiger partial charge in [-0.2, -0.15) is 0 Å². The van der Waals surface area contributed by atoms with Crippen molar-refractivity contribution < 1.29 is 4.79 Å². The molecule has 0 bridgehead atoms. The smallest absolute Gasteiger partial charge is 0.155 e. The number of ketones is 1. The highest BCUT2D eigenvalue weighted by Crippen LogP contribution is 2.12. The van der Waals surface area contributed by atoms with Gasteiger partial charge in [-0.1, -0.05) is 25.2 Å². The minimum atomic E-state index is 0.155. The number of Topliss-reactive ketones (excluding diaryl/α,β-unsaturated/α-hetero) is 1. The number of allylic oxidation sites excluding steroid dienone is 3. The molecule has 0 aliphatic heterocycles. The Morgan fingerprint density at radius 1 is 1.55 bits per heavy atom. The van der Waals surface area contributed by atoms with Crippen molar-refractivity contribution in [1.29, 1.82) is 0 Å². The van der Waals surface area contributed by atoms with Gasteiger partial charge in [0.05, 0.1) is 0 Å². The first kappa shape index (κ1) is 10.2. The average molecular weight is 152 g/mol. The van der Waals surface area contributed by atoms with Gasteiger partial charge in [0.25, 0.3) is 0 Å². The largest absolute Gasteiger partial charge is 0.295 e. The molecule has 62 valence electrons. The van der Waals surface area contributed by atoms with Crippen molar-refractivity contribution in [2.45, 2.75) is 33.6 Å². The molecular weight excluding hydrogens is 136 g/mol. The van der Waals surface area contributed by atoms with Crippen molar-refractivity contribution in [2.24, 2.45) is 0 Å². The molecule has 0 rings (SSSR count). The van der Waals surface area contributed by atoms with Crippen LogP contribution in [-0.2, 0) is 4.79 Å². The Labute approximate surface area is 68.8 Å². The predicted octanol–water partition coefficient (Wildman–Crippen LogP) is 2.88. The number of carbonyl (C=O) groups is 1. The van der Waals surface area contributed by atoms with E-state index in [1.165, 1.54) is 0 Å². The zero-order valence-corrected chi connectivity index (χ0v) is 7.61. The van der Waals surface area contributed by atoms with Gasteiger partial charge in [0.15, 0.2) is 5.78 Å². The van der Waals surface area contributed by atoms with Crippen LogP contribution in [0.5, 0.6) is 0 Å². The molecule has 0 amide bonds. The fourth-order valence-electron chi connectivity index (χ4n) is 0.824. The molecule has 11 heavy (non-hydrogen) atoms. The third kappa shape index (κ3) is 3.76. The van der Waals surface area contributed by atoms with Crippen LogP contribution in [0.2, 0.25) is 0 Å². The Hall–Kier alpha value is -0.850. The lowest BCUT2D eigenvalue weighted by molar-refractivity contribution is -0.113. The monoisotopic (exact) mass is 152 g/mol. The van der Waals surface area contributed by atoms with Crippen molar-refractivity contribution in [3.05, 3.63) is 23.8 Å². The van der Waals surface area contributed by atoms with Crippen molar-refractivity contribution >= 4 is 5.78 Å². The molecule has 0 heterocycles. The summed E-state index contributed by atoms with van der Waals surface area (Å²) in [5.74, 6) is 0.155. The van der Waals surface area contributed by atoms with E-state index in [1.807, 2.05) is 13.0 Å². The third-order valence-corrected chi connectivity index (χ3v) is 1.74. The lowest BCUT2D eigenvalue weighted by Crippen LogP contribution is -1.97. The second kappa shape index (κ2) is 4.89. The summed E-state index contributed by atoms with van der Waals surface area (Å²) in [6.45, 7) is 9.39. The highest BCUT2D eigenvalue weighted by atomic mass is 16.1. The molecule has 1 heteroatoms. The van der Waals surface area contributed by atoms with Gasteiger partial charge in [0.1, 0.15) is 0 Å². The summed E-state index contributed by atoms with van der Waals surface area (Å²) in [7, 11) is 0. The van der Waals surface area contributed by atoms with Crippen LogP contribution < -0.4 is 0 Å². The highest BCUT2D eigenvalue weighted by Gasteiger charge is 2.02. The van der Waals surface area contributed by atoms with Gasteiger partial charge in [-0.3, -0.25) is 4.79 Å². The Morgan fingerprint density at radius 2 is 2.09 bits per heavy atom. The third-order valence-electron chi connectivity index (χ3n) is 1.74. The predicted molar refractivity (Wildman–Crippen MR) is 48.5 cm³/mol. The van der Waals surface area contributed by atoms with Crippen molar-refractivity contribution in [2.75, 3.05) is 0 Å². The van der Waals surface area contributed by atoms with E-state index in [0.29, 0.717) is 0 Å². The van der Waals surface area contributed by atoms with E-state index < -0.39 is 0 Å². The molecule has 0 fully saturated rings. The first-order valence-corrected chi connectivity index (χ1v) is 3.94. The first-order chi connectivity index (χ1) is 5.11. The summed E-state index contributed by atoms with van der Waals surface area (Å²) in [5.41, 5.74) is 1.99. The molecule has 0 aromatic rings. The van der Waals surface area contributed by atoms with Gasteiger partial charge in [-0.15, -0.1) is 0 Å². The van der Waals surface area contributed by atoms with Gasteiger partial charge < -0.3 is 0 Å². The molecule has 0 spiro atoms. The maximum atomic E-state index is 10.9. The maximum absolute atomic E-state index is 10.9. The summed E-state index contributed by atoms with van der Waals surface area (Å²) >= 11 is 0. The summed E-state index contributed by atoms with van der Waals surface area (Å²) < 4.78 is 0. The first-order valence-electron chi connectivity index (χ1n) is 3.94. The summed E-state index contributed by atoms with van der Waals surface area (Å²) in [5, 5.41) is 0. The van der Waals surface area contributed by atoms with Gasteiger partial charge >= 0.3 is 0 Å². The minimum Gasteiger partial charge on any atom is -0.295 e. The lowest BCUT2D eigenvalue weighted by Gasteiger charge is -2.03.